The average molecular weight is 297 g/mol. The fraction of sp³-hybridized carbons (Fsp3) is 0.0625. The van der Waals surface area contributed by atoms with Gasteiger partial charge in [0.25, 0.3) is 5.69 Å². The molecule has 0 spiro atoms. The van der Waals surface area contributed by atoms with Gasteiger partial charge in [-0.3, -0.25) is 15.1 Å². The van der Waals surface area contributed by atoms with Crippen molar-refractivity contribution in [3.05, 3.63) is 75.7 Å². The maximum absolute atomic E-state index is 14.0. The summed E-state index contributed by atoms with van der Waals surface area (Å²) in [6.07, 6.45) is 3.08. The van der Waals surface area contributed by atoms with Crippen LogP contribution >= 0.6 is 0 Å². The smallest absolute Gasteiger partial charge is 0.270 e. The molecule has 3 rings (SSSR count). The molecule has 0 unspecified atom stereocenters. The molecule has 0 amide bonds. The summed E-state index contributed by atoms with van der Waals surface area (Å²) >= 11 is 0. The second-order valence-electron chi connectivity index (χ2n) is 4.83. The highest BCUT2D eigenvalue weighted by Gasteiger charge is 2.19. The van der Waals surface area contributed by atoms with Crippen LogP contribution in [-0.2, 0) is 0 Å². The van der Waals surface area contributed by atoms with Gasteiger partial charge in [0.1, 0.15) is 5.82 Å². The Morgan fingerprint density at radius 3 is 2.73 bits per heavy atom. The average Bonchev–Trinajstić information content (AvgIpc) is 2.67. The maximum Gasteiger partial charge on any atom is 0.270 e. The van der Waals surface area contributed by atoms with Gasteiger partial charge in [0, 0.05) is 36.5 Å². The van der Waals surface area contributed by atoms with Gasteiger partial charge in [-0.25, -0.2) is 4.39 Å². The van der Waals surface area contributed by atoms with E-state index in [0.717, 1.165) is 5.69 Å². The molecule has 1 aliphatic rings. The van der Waals surface area contributed by atoms with Crippen molar-refractivity contribution in [2.24, 2.45) is 4.99 Å². The highest BCUT2D eigenvalue weighted by atomic mass is 19.1. The van der Waals surface area contributed by atoms with Crippen LogP contribution in [-0.4, -0.2) is 18.2 Å². The van der Waals surface area contributed by atoms with E-state index in [4.69, 9.17) is 0 Å². The first-order chi connectivity index (χ1) is 10.6. The van der Waals surface area contributed by atoms with Gasteiger partial charge in [-0.05, 0) is 18.2 Å². The van der Waals surface area contributed by atoms with Crippen LogP contribution in [0.3, 0.4) is 0 Å². The van der Waals surface area contributed by atoms with Crippen molar-refractivity contribution in [3.63, 3.8) is 0 Å². The van der Waals surface area contributed by atoms with E-state index in [1.54, 1.807) is 42.4 Å². The first-order valence-electron chi connectivity index (χ1n) is 6.58. The van der Waals surface area contributed by atoms with Crippen LogP contribution in [0, 0.1) is 15.9 Å². The molecule has 2 aromatic carbocycles. The second kappa shape index (κ2) is 5.40. The monoisotopic (exact) mass is 297 g/mol. The Kier molecular flexibility index (Phi) is 3.42. The number of nitro groups is 1. The Bertz CT molecular complexity index is 815. The number of anilines is 1. The molecule has 1 heterocycles. The molecule has 0 N–H and O–H groups in total. The van der Waals surface area contributed by atoms with Crippen molar-refractivity contribution in [1.82, 2.24) is 0 Å². The first kappa shape index (κ1) is 13.9. The maximum atomic E-state index is 14.0. The molecule has 1 aliphatic heterocycles. The molecule has 5 nitrogen and oxygen atoms in total. The molecule has 110 valence electrons. The van der Waals surface area contributed by atoms with Gasteiger partial charge < -0.3 is 4.90 Å². The number of benzene rings is 2. The number of non-ortho nitro benzene ring substituents is 1. The van der Waals surface area contributed by atoms with E-state index in [1.165, 1.54) is 24.4 Å². The van der Waals surface area contributed by atoms with Gasteiger partial charge in [0.2, 0.25) is 0 Å². The molecule has 6 heteroatoms. The van der Waals surface area contributed by atoms with Gasteiger partial charge in [-0.1, -0.05) is 12.1 Å². The molecule has 22 heavy (non-hydrogen) atoms. The third-order valence-electron chi connectivity index (χ3n) is 3.50. The number of rotatable bonds is 2. The largest absolute Gasteiger partial charge is 0.342 e. The van der Waals surface area contributed by atoms with Crippen molar-refractivity contribution < 1.29 is 9.31 Å². The van der Waals surface area contributed by atoms with Crippen LogP contribution in [0.25, 0.3) is 5.70 Å². The molecular weight excluding hydrogens is 285 g/mol. The molecule has 0 bridgehead atoms. The number of hydrogen-bond acceptors (Lipinski definition) is 4. The minimum absolute atomic E-state index is 0.00654. The normalized spacial score (nSPS) is 13.4. The minimum Gasteiger partial charge on any atom is -0.342 e. The zero-order valence-corrected chi connectivity index (χ0v) is 11.7. The van der Waals surface area contributed by atoms with E-state index in [-0.39, 0.29) is 11.5 Å². The van der Waals surface area contributed by atoms with Crippen molar-refractivity contribution in [3.8, 4) is 0 Å². The Morgan fingerprint density at radius 1 is 1.23 bits per heavy atom. The van der Waals surface area contributed by atoms with E-state index in [0.29, 0.717) is 16.8 Å². The molecule has 0 saturated heterocycles. The minimum atomic E-state index is -0.454. The van der Waals surface area contributed by atoms with Gasteiger partial charge in [0.05, 0.1) is 22.5 Å². The van der Waals surface area contributed by atoms with Crippen LogP contribution in [0.4, 0.5) is 15.8 Å². The van der Waals surface area contributed by atoms with E-state index in [1.807, 2.05) is 0 Å². The lowest BCUT2D eigenvalue weighted by Crippen LogP contribution is -2.17. The number of fused-ring (bicyclic) bond motifs is 1. The molecular formula is C16H12FN3O2. The fourth-order valence-electron chi connectivity index (χ4n) is 2.39. The number of nitro benzene ring substituents is 1. The quantitative estimate of drug-likeness (QED) is 0.628. The molecule has 2 aromatic rings. The lowest BCUT2D eigenvalue weighted by molar-refractivity contribution is -0.384. The lowest BCUT2D eigenvalue weighted by Gasteiger charge is -2.23. The zero-order valence-electron chi connectivity index (χ0n) is 11.7. The molecule has 0 aliphatic carbocycles. The highest BCUT2D eigenvalue weighted by Crippen LogP contribution is 2.32. The van der Waals surface area contributed by atoms with E-state index >= 15 is 0 Å². The second-order valence-corrected chi connectivity index (χ2v) is 4.83. The van der Waals surface area contributed by atoms with Crippen LogP contribution in [0.5, 0.6) is 0 Å². The molecule has 0 atom stereocenters. The summed E-state index contributed by atoms with van der Waals surface area (Å²) in [5.41, 5.74) is 2.34. The highest BCUT2D eigenvalue weighted by molar-refractivity contribution is 5.95. The summed E-state index contributed by atoms with van der Waals surface area (Å²) in [5.74, 6) is -0.346. The van der Waals surface area contributed by atoms with E-state index in [2.05, 4.69) is 4.99 Å². The lowest BCUT2D eigenvalue weighted by atomic mass is 10.1. The van der Waals surface area contributed by atoms with Gasteiger partial charge in [-0.15, -0.1) is 0 Å². The van der Waals surface area contributed by atoms with Gasteiger partial charge >= 0.3 is 0 Å². The Hall–Kier alpha value is -3.02. The fourth-order valence-corrected chi connectivity index (χ4v) is 2.39. The third-order valence-corrected chi connectivity index (χ3v) is 3.50. The molecule has 0 fully saturated rings. The Labute approximate surface area is 126 Å². The topological polar surface area (TPSA) is 58.7 Å². The van der Waals surface area contributed by atoms with Crippen molar-refractivity contribution in [2.75, 3.05) is 11.9 Å². The summed E-state index contributed by atoms with van der Waals surface area (Å²) < 4.78 is 14.0. The van der Waals surface area contributed by atoms with E-state index < -0.39 is 4.92 Å². The Balaban J connectivity index is 2.09. The SMILES string of the molecule is CN1C(c2ccccc2F)=CN=Cc2cc([N+](=O)[O-])ccc21. The van der Waals surface area contributed by atoms with E-state index in [9.17, 15) is 14.5 Å². The number of nitrogens with zero attached hydrogens (tertiary/aromatic N) is 3. The molecule has 0 radical (unpaired) electrons. The first-order valence-corrected chi connectivity index (χ1v) is 6.58. The van der Waals surface area contributed by atoms with Gasteiger partial charge in [-0.2, -0.15) is 0 Å². The molecule has 0 aromatic heterocycles. The predicted octanol–water partition coefficient (Wildman–Crippen LogP) is 3.60. The van der Waals surface area contributed by atoms with Crippen molar-refractivity contribution in [1.29, 1.82) is 0 Å². The summed E-state index contributed by atoms with van der Waals surface area (Å²) in [7, 11) is 1.78. The van der Waals surface area contributed by atoms with Crippen molar-refractivity contribution >= 4 is 23.3 Å². The predicted molar refractivity (Wildman–Crippen MR) is 83.5 cm³/mol. The van der Waals surface area contributed by atoms with Crippen LogP contribution in [0.2, 0.25) is 0 Å². The number of hydrogen-bond donors (Lipinski definition) is 0. The summed E-state index contributed by atoms with van der Waals surface area (Å²) in [6.45, 7) is 0. The number of halogens is 1. The van der Waals surface area contributed by atoms with Crippen LogP contribution < -0.4 is 4.90 Å². The summed E-state index contributed by atoms with van der Waals surface area (Å²) in [6, 6.07) is 10.9. The summed E-state index contributed by atoms with van der Waals surface area (Å²) in [5, 5.41) is 10.9. The zero-order chi connectivity index (χ0) is 15.7. The standard InChI is InChI=1S/C16H12FN3O2/c1-19-15-7-6-12(20(21)22)8-11(15)9-18-10-16(19)13-4-2-3-5-14(13)17/h2-10H,1H3. The number of aliphatic imine (C=N–C) groups is 1. The third kappa shape index (κ3) is 2.35. The van der Waals surface area contributed by atoms with Gasteiger partial charge in [0.15, 0.2) is 0 Å². The molecule has 0 saturated carbocycles. The van der Waals surface area contributed by atoms with Crippen LogP contribution in [0.1, 0.15) is 11.1 Å². The van der Waals surface area contributed by atoms with Crippen LogP contribution in [0.15, 0.2) is 53.7 Å². The van der Waals surface area contributed by atoms with Crippen molar-refractivity contribution in [2.45, 2.75) is 0 Å². The summed E-state index contributed by atoms with van der Waals surface area (Å²) in [4.78, 5) is 16.3. The Morgan fingerprint density at radius 2 is 2.00 bits per heavy atom.